The molecule has 0 saturated heterocycles. The zero-order valence-corrected chi connectivity index (χ0v) is 9.64. The maximum Gasteiger partial charge on any atom is 0.164 e. The van der Waals surface area contributed by atoms with Crippen molar-refractivity contribution in [2.75, 3.05) is 0 Å². The van der Waals surface area contributed by atoms with Gasteiger partial charge in [-0.2, -0.15) is 5.10 Å². The molecule has 1 aromatic heterocycles. The van der Waals surface area contributed by atoms with Crippen LogP contribution < -0.4 is 4.74 Å². The van der Waals surface area contributed by atoms with Crippen molar-refractivity contribution in [1.29, 1.82) is 0 Å². The minimum atomic E-state index is -0.272. The van der Waals surface area contributed by atoms with Crippen LogP contribution >= 0.6 is 0 Å². The van der Waals surface area contributed by atoms with Gasteiger partial charge >= 0.3 is 0 Å². The molecule has 0 aliphatic heterocycles. The van der Waals surface area contributed by atoms with E-state index in [4.69, 9.17) is 4.74 Å². The van der Waals surface area contributed by atoms with Gasteiger partial charge in [0.15, 0.2) is 5.82 Å². The van der Waals surface area contributed by atoms with Crippen molar-refractivity contribution < 1.29 is 9.13 Å². The van der Waals surface area contributed by atoms with Crippen molar-refractivity contribution >= 4 is 0 Å². The quantitative estimate of drug-likeness (QED) is 0.799. The molecule has 17 heavy (non-hydrogen) atoms. The topological polar surface area (TPSA) is 39.9 Å². The number of aromatic nitrogens is 3. The van der Waals surface area contributed by atoms with Crippen molar-refractivity contribution in [3.05, 3.63) is 42.2 Å². The number of benzene rings is 1. The van der Waals surface area contributed by atoms with Gasteiger partial charge in [-0.1, -0.05) is 6.92 Å². The van der Waals surface area contributed by atoms with E-state index in [1.165, 1.54) is 18.5 Å². The molecule has 0 saturated carbocycles. The first-order chi connectivity index (χ1) is 8.29. The molecule has 0 amide bonds. The summed E-state index contributed by atoms with van der Waals surface area (Å²) in [5, 5.41) is 4.10. The van der Waals surface area contributed by atoms with Gasteiger partial charge in [-0.15, -0.1) is 0 Å². The van der Waals surface area contributed by atoms with Crippen LogP contribution in [0.25, 0.3) is 0 Å². The van der Waals surface area contributed by atoms with E-state index >= 15 is 0 Å². The Kier molecular flexibility index (Phi) is 3.69. The number of rotatable bonds is 5. The third-order valence-corrected chi connectivity index (χ3v) is 2.31. The van der Waals surface area contributed by atoms with Gasteiger partial charge in [-0.3, -0.25) is 0 Å². The predicted octanol–water partition coefficient (Wildman–Crippen LogP) is 2.41. The van der Waals surface area contributed by atoms with Crippen LogP contribution in [0.1, 0.15) is 19.2 Å². The van der Waals surface area contributed by atoms with Gasteiger partial charge in [0, 0.05) is 6.54 Å². The van der Waals surface area contributed by atoms with Gasteiger partial charge in [0.25, 0.3) is 0 Å². The van der Waals surface area contributed by atoms with Crippen LogP contribution in [0.4, 0.5) is 4.39 Å². The molecule has 0 fully saturated rings. The summed E-state index contributed by atoms with van der Waals surface area (Å²) in [6.07, 6.45) is 2.51. The fourth-order valence-corrected chi connectivity index (χ4v) is 1.48. The SMILES string of the molecule is CCCn1ncnc1COc1ccc(F)cc1. The lowest BCUT2D eigenvalue weighted by Crippen LogP contribution is -2.08. The van der Waals surface area contributed by atoms with Crippen molar-refractivity contribution in [2.45, 2.75) is 26.5 Å². The Balaban J connectivity index is 1.97. The first-order valence-electron chi connectivity index (χ1n) is 5.54. The summed E-state index contributed by atoms with van der Waals surface area (Å²) in [6.45, 7) is 3.24. The van der Waals surface area contributed by atoms with Gasteiger partial charge in [0.2, 0.25) is 0 Å². The average Bonchev–Trinajstić information content (AvgIpc) is 2.77. The molecule has 0 unspecified atom stereocenters. The van der Waals surface area contributed by atoms with Crippen LogP contribution in [0, 0.1) is 5.82 Å². The van der Waals surface area contributed by atoms with Gasteiger partial charge in [-0.25, -0.2) is 14.1 Å². The number of hydrogen-bond donors (Lipinski definition) is 0. The summed E-state index contributed by atoms with van der Waals surface area (Å²) in [5.41, 5.74) is 0. The second kappa shape index (κ2) is 5.43. The molecule has 0 atom stereocenters. The fourth-order valence-electron chi connectivity index (χ4n) is 1.48. The minimum absolute atomic E-state index is 0.272. The van der Waals surface area contributed by atoms with E-state index in [1.807, 2.05) is 4.68 Å². The van der Waals surface area contributed by atoms with Crippen molar-refractivity contribution in [3.63, 3.8) is 0 Å². The smallest absolute Gasteiger partial charge is 0.164 e. The highest BCUT2D eigenvalue weighted by Gasteiger charge is 2.04. The normalized spacial score (nSPS) is 10.5. The molecule has 5 heteroatoms. The average molecular weight is 235 g/mol. The Bertz CT molecular complexity index is 467. The molecule has 2 aromatic rings. The van der Waals surface area contributed by atoms with Gasteiger partial charge in [-0.05, 0) is 30.7 Å². The molecule has 0 aliphatic carbocycles. The first kappa shape index (κ1) is 11.6. The number of halogens is 1. The third kappa shape index (κ3) is 3.03. The maximum absolute atomic E-state index is 12.7. The highest BCUT2D eigenvalue weighted by molar-refractivity contribution is 5.22. The van der Waals surface area contributed by atoms with E-state index in [9.17, 15) is 4.39 Å². The van der Waals surface area contributed by atoms with E-state index in [0.29, 0.717) is 12.4 Å². The van der Waals surface area contributed by atoms with E-state index in [0.717, 1.165) is 18.8 Å². The Labute approximate surface area is 99.1 Å². The van der Waals surface area contributed by atoms with Crippen molar-refractivity contribution in [2.24, 2.45) is 0 Å². The Morgan fingerprint density at radius 3 is 2.76 bits per heavy atom. The van der Waals surface area contributed by atoms with Crippen LogP contribution in [0.5, 0.6) is 5.75 Å². The molecule has 1 aromatic carbocycles. The lowest BCUT2D eigenvalue weighted by atomic mass is 10.3. The van der Waals surface area contributed by atoms with Crippen LogP contribution in [0.2, 0.25) is 0 Å². The summed E-state index contributed by atoms with van der Waals surface area (Å²) in [6, 6.07) is 5.92. The zero-order valence-electron chi connectivity index (χ0n) is 9.64. The van der Waals surface area contributed by atoms with Crippen LogP contribution in [-0.4, -0.2) is 14.8 Å². The Morgan fingerprint density at radius 1 is 1.29 bits per heavy atom. The largest absolute Gasteiger partial charge is 0.486 e. The van der Waals surface area contributed by atoms with Gasteiger partial charge in [0.05, 0.1) is 0 Å². The molecule has 0 aliphatic rings. The molecule has 1 heterocycles. The summed E-state index contributed by atoms with van der Waals surface area (Å²) in [5.74, 6) is 1.13. The molecular weight excluding hydrogens is 221 g/mol. The zero-order chi connectivity index (χ0) is 12.1. The van der Waals surface area contributed by atoms with Gasteiger partial charge < -0.3 is 4.74 Å². The van der Waals surface area contributed by atoms with Crippen LogP contribution in [0.3, 0.4) is 0 Å². The summed E-state index contributed by atoms with van der Waals surface area (Å²) >= 11 is 0. The first-order valence-corrected chi connectivity index (χ1v) is 5.54. The van der Waals surface area contributed by atoms with Crippen LogP contribution in [-0.2, 0) is 13.2 Å². The molecule has 2 rings (SSSR count). The van der Waals surface area contributed by atoms with E-state index in [-0.39, 0.29) is 5.82 Å². The van der Waals surface area contributed by atoms with Gasteiger partial charge in [0.1, 0.15) is 24.5 Å². The molecule has 0 spiro atoms. The number of ether oxygens (including phenoxy) is 1. The minimum Gasteiger partial charge on any atom is -0.486 e. The van der Waals surface area contributed by atoms with Crippen molar-refractivity contribution in [3.8, 4) is 5.75 Å². The number of aryl methyl sites for hydroxylation is 1. The second-order valence-electron chi connectivity index (χ2n) is 3.64. The molecule has 0 N–H and O–H groups in total. The second-order valence-corrected chi connectivity index (χ2v) is 3.64. The maximum atomic E-state index is 12.7. The summed E-state index contributed by atoms with van der Waals surface area (Å²) in [7, 11) is 0. The molecular formula is C12H14FN3O. The Hall–Kier alpha value is -1.91. The predicted molar refractivity (Wildman–Crippen MR) is 61.0 cm³/mol. The number of nitrogens with zero attached hydrogens (tertiary/aromatic N) is 3. The monoisotopic (exact) mass is 235 g/mol. The Morgan fingerprint density at radius 2 is 2.06 bits per heavy atom. The van der Waals surface area contributed by atoms with E-state index < -0.39 is 0 Å². The van der Waals surface area contributed by atoms with Crippen molar-refractivity contribution in [1.82, 2.24) is 14.8 Å². The highest BCUT2D eigenvalue weighted by Crippen LogP contribution is 2.12. The molecule has 0 radical (unpaired) electrons. The lowest BCUT2D eigenvalue weighted by Gasteiger charge is -2.06. The van der Waals surface area contributed by atoms with E-state index in [1.54, 1.807) is 12.1 Å². The van der Waals surface area contributed by atoms with Crippen LogP contribution in [0.15, 0.2) is 30.6 Å². The summed E-state index contributed by atoms with van der Waals surface area (Å²) in [4.78, 5) is 4.12. The highest BCUT2D eigenvalue weighted by atomic mass is 19.1. The molecule has 0 bridgehead atoms. The molecule has 4 nitrogen and oxygen atoms in total. The van der Waals surface area contributed by atoms with E-state index in [2.05, 4.69) is 17.0 Å². The standard InChI is InChI=1S/C12H14FN3O/c1-2-7-16-12(14-9-15-16)8-17-11-5-3-10(13)4-6-11/h3-6,9H,2,7-8H2,1H3. The lowest BCUT2D eigenvalue weighted by molar-refractivity contribution is 0.286. The third-order valence-electron chi connectivity index (χ3n) is 2.31. The number of hydrogen-bond acceptors (Lipinski definition) is 3. The summed E-state index contributed by atoms with van der Waals surface area (Å²) < 4.78 is 20.0. The molecule has 90 valence electrons. The fraction of sp³-hybridized carbons (Fsp3) is 0.333.